The van der Waals surface area contributed by atoms with Crippen LogP contribution in [-0.4, -0.2) is 28.4 Å². The zero-order valence-electron chi connectivity index (χ0n) is 10.3. The Hall–Kier alpha value is -2.18. The number of hydrogen-bond acceptors (Lipinski definition) is 4. The van der Waals surface area contributed by atoms with E-state index in [-0.39, 0.29) is 6.04 Å². The van der Waals surface area contributed by atoms with E-state index in [1.807, 2.05) is 0 Å². The van der Waals surface area contributed by atoms with E-state index in [0.29, 0.717) is 30.4 Å². The SMILES string of the molecule is CNc1nc2n(n1)C(c1ccc(F)cc1F)CCN2. The first-order valence-corrected chi connectivity index (χ1v) is 6.02. The van der Waals surface area contributed by atoms with Gasteiger partial charge in [0.05, 0.1) is 6.04 Å². The highest BCUT2D eigenvalue weighted by molar-refractivity contribution is 5.39. The van der Waals surface area contributed by atoms with E-state index in [0.717, 1.165) is 6.07 Å². The smallest absolute Gasteiger partial charge is 0.243 e. The third-order valence-electron chi connectivity index (χ3n) is 3.17. The van der Waals surface area contributed by atoms with Crippen molar-refractivity contribution in [3.05, 3.63) is 35.4 Å². The summed E-state index contributed by atoms with van der Waals surface area (Å²) in [5.41, 5.74) is 0.428. The molecule has 1 aliphatic heterocycles. The first-order chi connectivity index (χ1) is 9.19. The minimum Gasteiger partial charge on any atom is -0.356 e. The molecule has 2 N–H and O–H groups in total. The molecule has 1 unspecified atom stereocenters. The lowest BCUT2D eigenvalue weighted by Gasteiger charge is -2.24. The van der Waals surface area contributed by atoms with Gasteiger partial charge >= 0.3 is 0 Å². The second-order valence-electron chi connectivity index (χ2n) is 4.35. The average Bonchev–Trinajstić information content (AvgIpc) is 2.82. The van der Waals surface area contributed by atoms with E-state index >= 15 is 0 Å². The number of benzene rings is 1. The van der Waals surface area contributed by atoms with E-state index in [2.05, 4.69) is 20.7 Å². The molecule has 19 heavy (non-hydrogen) atoms. The molecule has 2 aromatic rings. The zero-order chi connectivity index (χ0) is 13.4. The number of nitrogens with one attached hydrogen (secondary N) is 2. The monoisotopic (exact) mass is 265 g/mol. The predicted octanol–water partition coefficient (Wildman–Crippen LogP) is 2.00. The second-order valence-corrected chi connectivity index (χ2v) is 4.35. The third-order valence-corrected chi connectivity index (χ3v) is 3.17. The van der Waals surface area contributed by atoms with Crippen molar-refractivity contribution in [3.63, 3.8) is 0 Å². The molecule has 7 heteroatoms. The zero-order valence-corrected chi connectivity index (χ0v) is 10.3. The van der Waals surface area contributed by atoms with Crippen LogP contribution >= 0.6 is 0 Å². The van der Waals surface area contributed by atoms with Crippen molar-refractivity contribution >= 4 is 11.9 Å². The maximum atomic E-state index is 13.9. The molecule has 0 radical (unpaired) electrons. The summed E-state index contributed by atoms with van der Waals surface area (Å²) in [5, 5.41) is 10.2. The van der Waals surface area contributed by atoms with Gasteiger partial charge in [-0.15, -0.1) is 5.10 Å². The number of hydrogen-bond donors (Lipinski definition) is 2. The lowest BCUT2D eigenvalue weighted by atomic mass is 10.0. The summed E-state index contributed by atoms with van der Waals surface area (Å²) in [6.07, 6.45) is 0.669. The number of fused-ring (bicyclic) bond motifs is 1. The van der Waals surface area contributed by atoms with Crippen LogP contribution in [0.5, 0.6) is 0 Å². The van der Waals surface area contributed by atoms with Gasteiger partial charge in [0.15, 0.2) is 0 Å². The minimum absolute atomic E-state index is 0.272. The molecule has 0 aliphatic carbocycles. The Balaban J connectivity index is 2.05. The van der Waals surface area contributed by atoms with Crippen LogP contribution in [0.25, 0.3) is 0 Å². The molecule has 0 fully saturated rings. The van der Waals surface area contributed by atoms with Crippen LogP contribution in [0.2, 0.25) is 0 Å². The number of anilines is 2. The Kier molecular flexibility index (Phi) is 2.81. The van der Waals surface area contributed by atoms with Gasteiger partial charge in [0, 0.05) is 25.2 Å². The molecule has 2 heterocycles. The highest BCUT2D eigenvalue weighted by Crippen LogP contribution is 2.30. The fourth-order valence-corrected chi connectivity index (χ4v) is 2.27. The maximum Gasteiger partial charge on any atom is 0.243 e. The Morgan fingerprint density at radius 2 is 2.26 bits per heavy atom. The van der Waals surface area contributed by atoms with E-state index in [4.69, 9.17) is 0 Å². The molecule has 1 atom stereocenters. The molecule has 1 aromatic carbocycles. The van der Waals surface area contributed by atoms with E-state index in [9.17, 15) is 8.78 Å². The summed E-state index contributed by atoms with van der Waals surface area (Å²) in [5.74, 6) is -0.0782. The largest absolute Gasteiger partial charge is 0.356 e. The number of aromatic nitrogens is 3. The highest BCUT2D eigenvalue weighted by Gasteiger charge is 2.26. The van der Waals surface area contributed by atoms with Gasteiger partial charge in [-0.3, -0.25) is 0 Å². The van der Waals surface area contributed by atoms with Gasteiger partial charge in [-0.1, -0.05) is 6.07 Å². The molecule has 0 spiro atoms. The Morgan fingerprint density at radius 3 is 3.00 bits per heavy atom. The number of rotatable bonds is 2. The summed E-state index contributed by atoms with van der Waals surface area (Å²) < 4.78 is 28.5. The fourth-order valence-electron chi connectivity index (χ4n) is 2.27. The van der Waals surface area contributed by atoms with Crippen LogP contribution in [0, 0.1) is 11.6 Å². The topological polar surface area (TPSA) is 54.8 Å². The molecular weight excluding hydrogens is 252 g/mol. The summed E-state index contributed by atoms with van der Waals surface area (Å²) in [7, 11) is 1.72. The Bertz CT molecular complexity index is 610. The van der Waals surface area contributed by atoms with Crippen molar-refractivity contribution in [1.82, 2.24) is 14.8 Å². The second kappa shape index (κ2) is 4.49. The van der Waals surface area contributed by atoms with Crippen molar-refractivity contribution in [2.24, 2.45) is 0 Å². The third kappa shape index (κ3) is 2.00. The Labute approximate surface area is 108 Å². The average molecular weight is 265 g/mol. The number of nitrogens with zero attached hydrogens (tertiary/aromatic N) is 3. The van der Waals surface area contributed by atoms with Gasteiger partial charge in [-0.2, -0.15) is 4.98 Å². The van der Waals surface area contributed by atoms with Crippen LogP contribution in [-0.2, 0) is 0 Å². The van der Waals surface area contributed by atoms with Crippen molar-refractivity contribution in [1.29, 1.82) is 0 Å². The standard InChI is InChI=1S/C12H13F2N5/c1-15-11-17-12-16-5-4-10(19(12)18-11)8-3-2-7(13)6-9(8)14/h2-3,6,10H,4-5H2,1H3,(H2,15,16,17,18). The summed E-state index contributed by atoms with van der Waals surface area (Å²) in [6, 6.07) is 3.35. The Morgan fingerprint density at radius 1 is 1.42 bits per heavy atom. The molecule has 5 nitrogen and oxygen atoms in total. The van der Waals surface area contributed by atoms with Crippen molar-refractivity contribution in [3.8, 4) is 0 Å². The van der Waals surface area contributed by atoms with Crippen molar-refractivity contribution in [2.75, 3.05) is 24.2 Å². The molecule has 0 amide bonds. The fraction of sp³-hybridized carbons (Fsp3) is 0.333. The van der Waals surface area contributed by atoms with Gasteiger partial charge < -0.3 is 10.6 Å². The molecular formula is C12H13F2N5. The summed E-state index contributed by atoms with van der Waals surface area (Å²) in [6.45, 7) is 0.670. The molecule has 1 aliphatic rings. The normalized spacial score (nSPS) is 17.7. The van der Waals surface area contributed by atoms with Gasteiger partial charge in [0.1, 0.15) is 11.6 Å². The molecule has 100 valence electrons. The molecule has 0 saturated heterocycles. The van der Waals surface area contributed by atoms with Crippen LogP contribution in [0.15, 0.2) is 18.2 Å². The van der Waals surface area contributed by atoms with Gasteiger partial charge in [-0.05, 0) is 12.5 Å². The summed E-state index contributed by atoms with van der Waals surface area (Å²) in [4.78, 5) is 4.23. The first-order valence-electron chi connectivity index (χ1n) is 6.02. The summed E-state index contributed by atoms with van der Waals surface area (Å²) >= 11 is 0. The van der Waals surface area contributed by atoms with Crippen LogP contribution in [0.3, 0.4) is 0 Å². The van der Waals surface area contributed by atoms with Crippen molar-refractivity contribution in [2.45, 2.75) is 12.5 Å². The van der Waals surface area contributed by atoms with Gasteiger partial charge in [0.2, 0.25) is 11.9 Å². The van der Waals surface area contributed by atoms with Gasteiger partial charge in [-0.25, -0.2) is 13.5 Å². The molecule has 0 bridgehead atoms. The lowest BCUT2D eigenvalue weighted by molar-refractivity contribution is 0.455. The lowest BCUT2D eigenvalue weighted by Crippen LogP contribution is -2.25. The molecule has 3 rings (SSSR count). The quantitative estimate of drug-likeness (QED) is 0.872. The van der Waals surface area contributed by atoms with Crippen LogP contribution < -0.4 is 10.6 Å². The molecule has 0 saturated carbocycles. The van der Waals surface area contributed by atoms with Gasteiger partial charge in [0.25, 0.3) is 0 Å². The number of halogens is 2. The van der Waals surface area contributed by atoms with Crippen molar-refractivity contribution < 1.29 is 8.78 Å². The van der Waals surface area contributed by atoms with Crippen LogP contribution in [0.4, 0.5) is 20.7 Å². The van der Waals surface area contributed by atoms with E-state index in [1.165, 1.54) is 12.1 Å². The predicted molar refractivity (Wildman–Crippen MR) is 67.2 cm³/mol. The maximum absolute atomic E-state index is 13.9. The first kappa shape index (κ1) is 11.9. The van der Waals surface area contributed by atoms with E-state index < -0.39 is 11.6 Å². The highest BCUT2D eigenvalue weighted by atomic mass is 19.1. The minimum atomic E-state index is -0.579. The van der Waals surface area contributed by atoms with Crippen LogP contribution in [0.1, 0.15) is 18.0 Å². The van der Waals surface area contributed by atoms with E-state index in [1.54, 1.807) is 11.7 Å². The molecule has 1 aromatic heterocycles.